The van der Waals surface area contributed by atoms with E-state index in [2.05, 4.69) is 17.6 Å². The summed E-state index contributed by atoms with van der Waals surface area (Å²) in [6, 6.07) is 6.91. The van der Waals surface area contributed by atoms with Crippen LogP contribution in [0.3, 0.4) is 0 Å². The van der Waals surface area contributed by atoms with E-state index in [1.807, 2.05) is 0 Å². The summed E-state index contributed by atoms with van der Waals surface area (Å²) in [6.07, 6.45) is 4.05. The van der Waals surface area contributed by atoms with Crippen LogP contribution in [0.4, 0.5) is 4.39 Å². The van der Waals surface area contributed by atoms with E-state index in [-0.39, 0.29) is 17.8 Å². The molecule has 23 heavy (non-hydrogen) atoms. The Morgan fingerprint density at radius 3 is 2.35 bits per heavy atom. The Kier molecular flexibility index (Phi) is 6.54. The predicted octanol–water partition coefficient (Wildman–Crippen LogP) is 2.67. The van der Waals surface area contributed by atoms with Crippen LogP contribution in [0.15, 0.2) is 24.3 Å². The number of aliphatic hydroxyl groups is 1. The zero-order chi connectivity index (χ0) is 16.8. The fraction of sp³-hybridized carbons (Fsp3) is 0.611. The molecule has 2 unspecified atom stereocenters. The lowest BCUT2D eigenvalue weighted by atomic mass is 9.90. The van der Waals surface area contributed by atoms with Gasteiger partial charge in [-0.15, -0.1) is 0 Å². The summed E-state index contributed by atoms with van der Waals surface area (Å²) in [5.74, 6) is -0.250. The minimum Gasteiger partial charge on any atom is -0.388 e. The molecule has 0 radical (unpaired) electrons. The molecule has 0 spiro atoms. The first-order chi connectivity index (χ1) is 10.9. The van der Waals surface area contributed by atoms with Crippen molar-refractivity contribution in [3.8, 4) is 0 Å². The smallest absolute Gasteiger partial charge is 0.217 e. The molecule has 1 aromatic carbocycles. The van der Waals surface area contributed by atoms with Gasteiger partial charge in [0, 0.05) is 25.0 Å². The molecule has 1 fully saturated rings. The van der Waals surface area contributed by atoms with Crippen molar-refractivity contribution in [2.75, 3.05) is 0 Å². The standard InChI is InChI=1S/C18H27FN2O2/c1-12(11-18(23)14-3-5-15(19)6-4-14)20-16-7-9-17(10-8-16)21-13(2)22/h3-6,12,16-18,20,23H,7-11H2,1-2H3,(H,21,22). The Morgan fingerprint density at radius 1 is 1.22 bits per heavy atom. The Hall–Kier alpha value is -1.46. The van der Waals surface area contributed by atoms with Gasteiger partial charge in [-0.05, 0) is 56.7 Å². The molecule has 128 valence electrons. The number of nitrogens with one attached hydrogen (secondary N) is 2. The predicted molar refractivity (Wildman–Crippen MR) is 88.4 cm³/mol. The van der Waals surface area contributed by atoms with Crippen LogP contribution in [0.25, 0.3) is 0 Å². The number of hydrogen-bond acceptors (Lipinski definition) is 3. The first-order valence-corrected chi connectivity index (χ1v) is 8.40. The van der Waals surface area contributed by atoms with Gasteiger partial charge < -0.3 is 15.7 Å². The summed E-state index contributed by atoms with van der Waals surface area (Å²) >= 11 is 0. The fourth-order valence-electron chi connectivity index (χ4n) is 3.32. The molecule has 1 aliphatic rings. The Labute approximate surface area is 137 Å². The molecule has 0 aliphatic heterocycles. The molecule has 1 saturated carbocycles. The number of aliphatic hydroxyl groups excluding tert-OH is 1. The van der Waals surface area contributed by atoms with Gasteiger partial charge in [-0.2, -0.15) is 0 Å². The van der Waals surface area contributed by atoms with Crippen molar-refractivity contribution in [3.63, 3.8) is 0 Å². The van der Waals surface area contributed by atoms with Crippen LogP contribution >= 0.6 is 0 Å². The molecule has 5 heteroatoms. The lowest BCUT2D eigenvalue weighted by Crippen LogP contribution is -2.44. The van der Waals surface area contributed by atoms with Crippen LogP contribution in [0.5, 0.6) is 0 Å². The van der Waals surface area contributed by atoms with Crippen LogP contribution in [-0.4, -0.2) is 29.1 Å². The van der Waals surface area contributed by atoms with Gasteiger partial charge in [0.25, 0.3) is 0 Å². The highest BCUT2D eigenvalue weighted by atomic mass is 19.1. The molecule has 0 heterocycles. The maximum Gasteiger partial charge on any atom is 0.217 e. The first-order valence-electron chi connectivity index (χ1n) is 8.40. The maximum atomic E-state index is 12.9. The SMILES string of the molecule is CC(=O)NC1CCC(NC(C)CC(O)c2ccc(F)cc2)CC1. The van der Waals surface area contributed by atoms with E-state index in [0.29, 0.717) is 18.5 Å². The lowest BCUT2D eigenvalue weighted by Gasteiger charge is -2.32. The minimum atomic E-state index is -0.589. The van der Waals surface area contributed by atoms with Gasteiger partial charge in [0.1, 0.15) is 5.82 Å². The van der Waals surface area contributed by atoms with E-state index in [1.165, 1.54) is 12.1 Å². The molecule has 4 nitrogen and oxygen atoms in total. The third-order valence-corrected chi connectivity index (χ3v) is 4.49. The van der Waals surface area contributed by atoms with Gasteiger partial charge in [-0.3, -0.25) is 4.79 Å². The molecule has 1 aromatic rings. The van der Waals surface area contributed by atoms with Crippen molar-refractivity contribution in [2.45, 2.75) is 70.2 Å². The summed E-state index contributed by atoms with van der Waals surface area (Å²) in [5, 5.41) is 16.8. The Bertz CT molecular complexity index is 498. The summed E-state index contributed by atoms with van der Waals surface area (Å²) in [5.41, 5.74) is 0.745. The van der Waals surface area contributed by atoms with Crippen LogP contribution < -0.4 is 10.6 Å². The Balaban J connectivity index is 1.73. The highest BCUT2D eigenvalue weighted by Gasteiger charge is 2.23. The van der Waals surface area contributed by atoms with Crippen LogP contribution in [0.1, 0.15) is 57.6 Å². The van der Waals surface area contributed by atoms with E-state index < -0.39 is 6.10 Å². The van der Waals surface area contributed by atoms with Gasteiger partial charge in [0.15, 0.2) is 0 Å². The highest BCUT2D eigenvalue weighted by molar-refractivity contribution is 5.73. The number of rotatable bonds is 6. The fourth-order valence-corrected chi connectivity index (χ4v) is 3.32. The van der Waals surface area contributed by atoms with Crippen molar-refractivity contribution in [1.82, 2.24) is 10.6 Å². The van der Waals surface area contributed by atoms with Crippen molar-refractivity contribution in [3.05, 3.63) is 35.6 Å². The van der Waals surface area contributed by atoms with E-state index in [1.54, 1.807) is 19.1 Å². The maximum absolute atomic E-state index is 12.9. The van der Waals surface area contributed by atoms with E-state index in [9.17, 15) is 14.3 Å². The van der Waals surface area contributed by atoms with E-state index >= 15 is 0 Å². The first kappa shape index (κ1) is 17.9. The summed E-state index contributed by atoms with van der Waals surface area (Å²) in [7, 11) is 0. The second-order valence-corrected chi connectivity index (χ2v) is 6.62. The lowest BCUT2D eigenvalue weighted by molar-refractivity contribution is -0.119. The molecular formula is C18H27FN2O2. The summed E-state index contributed by atoms with van der Waals surface area (Å²) < 4.78 is 12.9. The zero-order valence-corrected chi connectivity index (χ0v) is 13.9. The molecule has 2 rings (SSSR count). The monoisotopic (exact) mass is 322 g/mol. The minimum absolute atomic E-state index is 0.0391. The highest BCUT2D eigenvalue weighted by Crippen LogP contribution is 2.22. The second kappa shape index (κ2) is 8.41. The average Bonchev–Trinajstić information content (AvgIpc) is 2.49. The number of carbonyl (C=O) groups is 1. The normalized spacial score (nSPS) is 24.0. The molecule has 0 bridgehead atoms. The van der Waals surface area contributed by atoms with Crippen LogP contribution in [0, 0.1) is 5.82 Å². The number of benzene rings is 1. The van der Waals surface area contributed by atoms with Gasteiger partial charge in [-0.1, -0.05) is 12.1 Å². The molecule has 0 aromatic heterocycles. The molecule has 1 amide bonds. The topological polar surface area (TPSA) is 61.4 Å². The Morgan fingerprint density at radius 2 is 1.78 bits per heavy atom. The third kappa shape index (κ3) is 5.92. The van der Waals surface area contributed by atoms with Gasteiger partial charge in [-0.25, -0.2) is 4.39 Å². The molecule has 1 aliphatic carbocycles. The van der Waals surface area contributed by atoms with Crippen LogP contribution in [-0.2, 0) is 4.79 Å². The molecule has 3 N–H and O–H groups in total. The quantitative estimate of drug-likeness (QED) is 0.754. The third-order valence-electron chi connectivity index (χ3n) is 4.49. The zero-order valence-electron chi connectivity index (χ0n) is 13.9. The molecule has 2 atom stereocenters. The molecular weight excluding hydrogens is 295 g/mol. The van der Waals surface area contributed by atoms with E-state index in [0.717, 1.165) is 31.2 Å². The molecule has 0 saturated heterocycles. The summed E-state index contributed by atoms with van der Waals surface area (Å²) in [6.45, 7) is 3.62. The second-order valence-electron chi connectivity index (χ2n) is 6.62. The van der Waals surface area contributed by atoms with Gasteiger partial charge in [0.2, 0.25) is 5.91 Å². The van der Waals surface area contributed by atoms with Crippen molar-refractivity contribution in [1.29, 1.82) is 0 Å². The number of carbonyl (C=O) groups excluding carboxylic acids is 1. The van der Waals surface area contributed by atoms with Crippen LogP contribution in [0.2, 0.25) is 0 Å². The van der Waals surface area contributed by atoms with Gasteiger partial charge >= 0.3 is 0 Å². The number of halogens is 1. The average molecular weight is 322 g/mol. The number of hydrogen-bond donors (Lipinski definition) is 3. The largest absolute Gasteiger partial charge is 0.388 e. The number of amides is 1. The van der Waals surface area contributed by atoms with E-state index in [4.69, 9.17) is 0 Å². The van der Waals surface area contributed by atoms with Crippen molar-refractivity contribution < 1.29 is 14.3 Å². The van der Waals surface area contributed by atoms with Crippen molar-refractivity contribution >= 4 is 5.91 Å². The summed E-state index contributed by atoms with van der Waals surface area (Å²) in [4.78, 5) is 11.1. The van der Waals surface area contributed by atoms with Gasteiger partial charge in [0.05, 0.1) is 6.10 Å². The van der Waals surface area contributed by atoms with Crippen molar-refractivity contribution in [2.24, 2.45) is 0 Å².